The fraction of sp³-hybridized carbons (Fsp3) is 0.280. The van der Waals surface area contributed by atoms with Gasteiger partial charge >= 0.3 is 6.03 Å². The second-order valence-electron chi connectivity index (χ2n) is 8.61. The van der Waals surface area contributed by atoms with Gasteiger partial charge in [0.05, 0.1) is 17.1 Å². The molecule has 2 aromatic carbocycles. The molecular weight excluding hydrogens is 414 g/mol. The zero-order valence-corrected chi connectivity index (χ0v) is 18.6. The summed E-state index contributed by atoms with van der Waals surface area (Å²) in [5.41, 5.74) is 11.5. The van der Waals surface area contributed by atoms with Crippen LogP contribution in [0.15, 0.2) is 54.9 Å². The lowest BCUT2D eigenvalue weighted by Crippen LogP contribution is -2.19. The maximum atomic E-state index is 12.5. The molecule has 1 aliphatic rings. The molecule has 1 aliphatic carbocycles. The van der Waals surface area contributed by atoms with Crippen LogP contribution >= 0.6 is 0 Å². The average molecular weight is 442 g/mol. The van der Waals surface area contributed by atoms with Crippen molar-refractivity contribution in [2.75, 3.05) is 16.4 Å². The predicted molar refractivity (Wildman–Crippen MR) is 130 cm³/mol. The van der Waals surface area contributed by atoms with Crippen LogP contribution in [0.2, 0.25) is 0 Å². The van der Waals surface area contributed by atoms with E-state index < -0.39 is 0 Å². The number of rotatable bonds is 5. The Balaban J connectivity index is 1.37. The van der Waals surface area contributed by atoms with Crippen molar-refractivity contribution >= 4 is 34.3 Å². The van der Waals surface area contributed by atoms with Crippen LogP contribution in [0, 0.1) is 6.92 Å². The Morgan fingerprint density at radius 1 is 1.06 bits per heavy atom. The van der Waals surface area contributed by atoms with E-state index in [2.05, 4.69) is 20.6 Å². The molecule has 1 fully saturated rings. The molecule has 8 nitrogen and oxygen atoms in total. The number of fused-ring (bicyclic) bond motifs is 1. The second kappa shape index (κ2) is 8.90. The zero-order chi connectivity index (χ0) is 22.8. The first-order valence-electron chi connectivity index (χ1n) is 11.3. The molecule has 0 atom stereocenters. The van der Waals surface area contributed by atoms with Gasteiger partial charge in [-0.1, -0.05) is 37.1 Å². The molecule has 2 heterocycles. The van der Waals surface area contributed by atoms with Crippen molar-refractivity contribution in [3.8, 4) is 0 Å². The van der Waals surface area contributed by atoms with E-state index in [1.165, 1.54) is 19.2 Å². The van der Waals surface area contributed by atoms with Crippen LogP contribution in [0.4, 0.5) is 22.0 Å². The van der Waals surface area contributed by atoms with Crippen molar-refractivity contribution in [1.82, 2.24) is 19.7 Å². The minimum absolute atomic E-state index is 0.286. The van der Waals surface area contributed by atoms with Gasteiger partial charge in [-0.25, -0.2) is 19.4 Å². The summed E-state index contributed by atoms with van der Waals surface area (Å²) in [6.07, 6.45) is 6.71. The van der Waals surface area contributed by atoms with E-state index in [4.69, 9.17) is 10.8 Å². The summed E-state index contributed by atoms with van der Waals surface area (Å²) >= 11 is 0. The molecular formula is C25H27N7O. The molecule has 4 N–H and O–H groups in total. The molecule has 2 aromatic heterocycles. The summed E-state index contributed by atoms with van der Waals surface area (Å²) in [7, 11) is 0. The number of anilines is 3. The highest BCUT2D eigenvalue weighted by Crippen LogP contribution is 2.33. The van der Waals surface area contributed by atoms with Crippen LogP contribution in [-0.2, 0) is 6.42 Å². The number of aromatic nitrogens is 4. The summed E-state index contributed by atoms with van der Waals surface area (Å²) in [5, 5.41) is 11.5. The van der Waals surface area contributed by atoms with Gasteiger partial charge in [-0.15, -0.1) is 0 Å². The number of hydrogen-bond donors (Lipinski definition) is 3. The highest BCUT2D eigenvalue weighted by Gasteiger charge is 2.24. The van der Waals surface area contributed by atoms with Crippen molar-refractivity contribution in [2.45, 2.75) is 45.1 Å². The van der Waals surface area contributed by atoms with Gasteiger partial charge < -0.3 is 16.4 Å². The van der Waals surface area contributed by atoms with Crippen molar-refractivity contribution in [3.05, 3.63) is 71.7 Å². The molecule has 4 aromatic rings. The fourth-order valence-corrected chi connectivity index (χ4v) is 4.56. The molecule has 8 heteroatoms. The summed E-state index contributed by atoms with van der Waals surface area (Å²) in [5.74, 6) is 0.450. The zero-order valence-electron chi connectivity index (χ0n) is 18.6. The summed E-state index contributed by atoms with van der Waals surface area (Å²) in [6, 6.07) is 15.5. The number of carbonyl (C=O) groups excluding carboxylic acids is 1. The Morgan fingerprint density at radius 2 is 1.79 bits per heavy atom. The van der Waals surface area contributed by atoms with E-state index in [-0.39, 0.29) is 6.03 Å². The number of benzene rings is 2. The van der Waals surface area contributed by atoms with Crippen LogP contribution < -0.4 is 16.4 Å². The molecule has 1 saturated carbocycles. The van der Waals surface area contributed by atoms with E-state index >= 15 is 0 Å². The van der Waals surface area contributed by atoms with Gasteiger partial charge in [0.1, 0.15) is 12.1 Å². The lowest BCUT2D eigenvalue weighted by atomic mass is 10.1. The number of amides is 2. The molecule has 0 unspecified atom stereocenters. The molecule has 0 spiro atoms. The third-order valence-electron chi connectivity index (χ3n) is 6.09. The van der Waals surface area contributed by atoms with Crippen molar-refractivity contribution in [2.24, 2.45) is 0 Å². The quantitative estimate of drug-likeness (QED) is 0.401. The molecule has 5 rings (SSSR count). The SMILES string of the molecule is Cc1cccc(NC(=O)Nc2cccc(Cc3nn(C4CCCC4)c4ncnc(N)c34)c2)c1. The summed E-state index contributed by atoms with van der Waals surface area (Å²) < 4.78 is 2.03. The minimum atomic E-state index is -0.286. The first kappa shape index (κ1) is 20.9. The first-order valence-corrected chi connectivity index (χ1v) is 11.3. The lowest BCUT2D eigenvalue weighted by molar-refractivity contribution is 0.262. The standard InChI is InChI=1S/C25H27N7O/c1-16-6-4-8-18(12-16)29-25(33)30-19-9-5-7-17(13-19)14-21-22-23(26)27-15-28-24(22)32(31-21)20-10-2-3-11-20/h4-9,12-13,15,20H,2-3,10-11,14H2,1H3,(H2,26,27,28)(H2,29,30,33). The Bertz CT molecular complexity index is 1310. The minimum Gasteiger partial charge on any atom is -0.383 e. The van der Waals surface area contributed by atoms with Gasteiger partial charge in [0.25, 0.3) is 0 Å². The Kier molecular flexibility index (Phi) is 5.64. The number of nitrogens with one attached hydrogen (secondary N) is 2. The molecule has 0 aliphatic heterocycles. The monoisotopic (exact) mass is 441 g/mol. The number of carbonyl (C=O) groups is 1. The summed E-state index contributed by atoms with van der Waals surface area (Å²) in [4.78, 5) is 21.2. The Labute approximate surface area is 192 Å². The van der Waals surface area contributed by atoms with Crippen LogP contribution in [0.1, 0.15) is 48.5 Å². The van der Waals surface area contributed by atoms with Crippen LogP contribution in [-0.4, -0.2) is 25.8 Å². The van der Waals surface area contributed by atoms with E-state index in [0.29, 0.717) is 24.0 Å². The lowest BCUT2D eigenvalue weighted by Gasteiger charge is -2.10. The topological polar surface area (TPSA) is 111 Å². The van der Waals surface area contributed by atoms with Crippen LogP contribution in [0.3, 0.4) is 0 Å². The number of hydrogen-bond acceptors (Lipinski definition) is 5. The molecule has 33 heavy (non-hydrogen) atoms. The highest BCUT2D eigenvalue weighted by atomic mass is 16.2. The van der Waals surface area contributed by atoms with Gasteiger partial charge in [0.2, 0.25) is 0 Å². The van der Waals surface area contributed by atoms with Crippen molar-refractivity contribution in [3.63, 3.8) is 0 Å². The van der Waals surface area contributed by atoms with E-state index in [9.17, 15) is 4.79 Å². The maximum Gasteiger partial charge on any atom is 0.323 e. The van der Waals surface area contributed by atoms with E-state index in [1.54, 1.807) is 0 Å². The summed E-state index contributed by atoms with van der Waals surface area (Å²) in [6.45, 7) is 1.99. The Morgan fingerprint density at radius 3 is 2.55 bits per heavy atom. The van der Waals surface area contributed by atoms with Gasteiger partial charge in [-0.2, -0.15) is 5.10 Å². The number of nitrogens with two attached hydrogens (primary N) is 1. The highest BCUT2D eigenvalue weighted by molar-refractivity contribution is 5.99. The molecule has 0 radical (unpaired) electrons. The first-order chi connectivity index (χ1) is 16.1. The van der Waals surface area contributed by atoms with Gasteiger partial charge in [0.15, 0.2) is 5.65 Å². The third-order valence-corrected chi connectivity index (χ3v) is 6.09. The smallest absolute Gasteiger partial charge is 0.323 e. The van der Waals surface area contributed by atoms with Gasteiger partial charge in [0, 0.05) is 17.8 Å². The predicted octanol–water partition coefficient (Wildman–Crippen LogP) is 5.07. The van der Waals surface area contributed by atoms with Crippen molar-refractivity contribution < 1.29 is 4.79 Å². The fourth-order valence-electron chi connectivity index (χ4n) is 4.56. The van der Waals surface area contributed by atoms with Gasteiger partial charge in [-0.3, -0.25) is 0 Å². The van der Waals surface area contributed by atoms with Crippen LogP contribution in [0.5, 0.6) is 0 Å². The molecule has 2 amide bonds. The molecule has 0 bridgehead atoms. The Hall–Kier alpha value is -3.94. The van der Waals surface area contributed by atoms with E-state index in [0.717, 1.165) is 46.4 Å². The largest absolute Gasteiger partial charge is 0.383 e. The van der Waals surface area contributed by atoms with E-state index in [1.807, 2.05) is 60.1 Å². The van der Waals surface area contributed by atoms with Crippen LogP contribution in [0.25, 0.3) is 11.0 Å². The molecule has 168 valence electrons. The van der Waals surface area contributed by atoms with Gasteiger partial charge in [-0.05, 0) is 55.2 Å². The normalized spacial score (nSPS) is 14.0. The molecule has 0 saturated heterocycles. The number of aryl methyl sites for hydroxylation is 1. The third kappa shape index (κ3) is 4.50. The maximum absolute atomic E-state index is 12.5. The number of urea groups is 1. The van der Waals surface area contributed by atoms with Crippen molar-refractivity contribution in [1.29, 1.82) is 0 Å². The average Bonchev–Trinajstić information content (AvgIpc) is 3.43. The number of nitrogen functional groups attached to an aromatic ring is 1. The second-order valence-corrected chi connectivity index (χ2v) is 8.61. The number of nitrogens with zero attached hydrogens (tertiary/aromatic N) is 4.